The van der Waals surface area contributed by atoms with Gasteiger partial charge in [-0.15, -0.1) is 0 Å². The maximum absolute atomic E-state index is 13.2. The van der Waals surface area contributed by atoms with Crippen LogP contribution < -0.4 is 4.90 Å². The Morgan fingerprint density at radius 2 is 1.79 bits per heavy atom. The van der Waals surface area contributed by atoms with Crippen molar-refractivity contribution < 1.29 is 8.78 Å². The fraction of sp³-hybridized carbons (Fsp3) is 0.133. The Balaban J connectivity index is 2.17. The lowest BCUT2D eigenvalue weighted by Gasteiger charge is -2.19. The van der Waals surface area contributed by atoms with Crippen molar-refractivity contribution >= 4 is 5.69 Å². The van der Waals surface area contributed by atoms with E-state index in [0.717, 1.165) is 11.3 Å². The van der Waals surface area contributed by atoms with E-state index in [2.05, 4.69) is 0 Å². The molecule has 0 aromatic heterocycles. The fourth-order valence-corrected chi connectivity index (χ4v) is 1.82. The molecule has 2 nitrogen and oxygen atoms in total. The summed E-state index contributed by atoms with van der Waals surface area (Å²) in [6.45, 7) is 0.514. The van der Waals surface area contributed by atoms with Crippen molar-refractivity contribution in [2.45, 2.75) is 6.54 Å². The van der Waals surface area contributed by atoms with Gasteiger partial charge < -0.3 is 4.90 Å². The fourth-order valence-electron chi connectivity index (χ4n) is 1.82. The summed E-state index contributed by atoms with van der Waals surface area (Å²) in [5, 5.41) is 8.78. The van der Waals surface area contributed by atoms with Crippen LogP contribution in [0.25, 0.3) is 0 Å². The Bertz CT molecular complexity index is 615. The van der Waals surface area contributed by atoms with Crippen LogP contribution in [0.1, 0.15) is 11.1 Å². The van der Waals surface area contributed by atoms with E-state index in [4.69, 9.17) is 5.26 Å². The maximum atomic E-state index is 13.2. The molecule has 0 aliphatic rings. The summed E-state index contributed by atoms with van der Waals surface area (Å²) in [6.07, 6.45) is 0. The smallest absolute Gasteiger partial charge is 0.140 e. The Labute approximate surface area is 110 Å². The van der Waals surface area contributed by atoms with Gasteiger partial charge in [-0.1, -0.05) is 6.07 Å². The molecule has 0 radical (unpaired) electrons. The highest BCUT2D eigenvalue weighted by Gasteiger charge is 2.06. The molecular weight excluding hydrogens is 246 g/mol. The largest absolute Gasteiger partial charge is 0.370 e. The number of benzene rings is 2. The average Bonchev–Trinajstić information content (AvgIpc) is 2.41. The second-order valence-corrected chi connectivity index (χ2v) is 4.26. The molecule has 4 heteroatoms. The summed E-state index contributed by atoms with van der Waals surface area (Å²) in [5.74, 6) is -0.804. The SMILES string of the molecule is CN(Cc1ccc(F)c(C#N)c1)c1ccc(F)cc1. The van der Waals surface area contributed by atoms with E-state index >= 15 is 0 Å². The van der Waals surface area contributed by atoms with E-state index in [0.29, 0.717) is 6.54 Å². The van der Waals surface area contributed by atoms with Crippen molar-refractivity contribution in [3.63, 3.8) is 0 Å². The molecule has 0 N–H and O–H groups in total. The van der Waals surface area contributed by atoms with Gasteiger partial charge in [0.05, 0.1) is 5.56 Å². The summed E-state index contributed by atoms with van der Waals surface area (Å²) in [6, 6.07) is 12.4. The van der Waals surface area contributed by atoms with Gasteiger partial charge in [-0.05, 0) is 42.0 Å². The Morgan fingerprint density at radius 3 is 2.42 bits per heavy atom. The number of anilines is 1. The summed E-state index contributed by atoms with van der Waals surface area (Å²) in [5.41, 5.74) is 1.71. The molecule has 96 valence electrons. The molecule has 0 atom stereocenters. The van der Waals surface area contributed by atoms with Crippen molar-refractivity contribution in [3.8, 4) is 6.07 Å². The highest BCUT2D eigenvalue weighted by Crippen LogP contribution is 2.17. The van der Waals surface area contributed by atoms with Gasteiger partial charge >= 0.3 is 0 Å². The van der Waals surface area contributed by atoms with Crippen LogP contribution in [0.5, 0.6) is 0 Å². The molecule has 0 amide bonds. The van der Waals surface area contributed by atoms with Crippen LogP contribution in [0.4, 0.5) is 14.5 Å². The molecule has 0 heterocycles. The van der Waals surface area contributed by atoms with Gasteiger partial charge in [-0.25, -0.2) is 8.78 Å². The predicted molar refractivity (Wildman–Crippen MR) is 69.6 cm³/mol. The topological polar surface area (TPSA) is 27.0 Å². The third-order valence-electron chi connectivity index (χ3n) is 2.84. The highest BCUT2D eigenvalue weighted by molar-refractivity contribution is 5.46. The molecule has 0 fully saturated rings. The molecule has 0 saturated carbocycles. The van der Waals surface area contributed by atoms with Crippen molar-refractivity contribution in [2.24, 2.45) is 0 Å². The summed E-state index contributed by atoms with van der Waals surface area (Å²) in [7, 11) is 1.85. The molecule has 0 spiro atoms. The van der Waals surface area contributed by atoms with Gasteiger partial charge in [0.2, 0.25) is 0 Å². The molecule has 2 rings (SSSR count). The van der Waals surface area contributed by atoms with Gasteiger partial charge in [0, 0.05) is 19.3 Å². The summed E-state index contributed by atoms with van der Waals surface area (Å²) in [4.78, 5) is 1.90. The molecular formula is C15H12F2N2. The van der Waals surface area contributed by atoms with E-state index in [1.165, 1.54) is 24.3 Å². The first-order valence-corrected chi connectivity index (χ1v) is 5.75. The average molecular weight is 258 g/mol. The van der Waals surface area contributed by atoms with Gasteiger partial charge in [-0.3, -0.25) is 0 Å². The second-order valence-electron chi connectivity index (χ2n) is 4.26. The van der Waals surface area contributed by atoms with Crippen LogP contribution in [0, 0.1) is 23.0 Å². The Kier molecular flexibility index (Phi) is 3.76. The van der Waals surface area contributed by atoms with E-state index in [1.54, 1.807) is 18.2 Å². The molecule has 0 saturated heterocycles. The normalized spacial score (nSPS) is 10.0. The monoisotopic (exact) mass is 258 g/mol. The van der Waals surface area contributed by atoms with Gasteiger partial charge in [0.1, 0.15) is 17.7 Å². The summed E-state index contributed by atoms with van der Waals surface area (Å²) < 4.78 is 26.0. The molecule has 19 heavy (non-hydrogen) atoms. The minimum Gasteiger partial charge on any atom is -0.370 e. The molecule has 0 unspecified atom stereocenters. The highest BCUT2D eigenvalue weighted by atomic mass is 19.1. The van der Waals surface area contributed by atoms with Crippen LogP contribution in [0.3, 0.4) is 0 Å². The summed E-state index contributed by atoms with van der Waals surface area (Å²) >= 11 is 0. The molecule has 2 aromatic rings. The number of halogens is 2. The van der Waals surface area contributed by atoms with Gasteiger partial charge in [0.25, 0.3) is 0 Å². The molecule has 0 aliphatic carbocycles. The minimum atomic E-state index is -0.518. The van der Waals surface area contributed by atoms with Crippen LogP contribution in [0.15, 0.2) is 42.5 Å². The zero-order chi connectivity index (χ0) is 13.8. The third-order valence-corrected chi connectivity index (χ3v) is 2.84. The number of nitriles is 1. The van der Waals surface area contributed by atoms with Crippen LogP contribution in [0.2, 0.25) is 0 Å². The van der Waals surface area contributed by atoms with Gasteiger partial charge in [-0.2, -0.15) is 5.26 Å². The van der Waals surface area contributed by atoms with E-state index in [9.17, 15) is 8.78 Å². The number of hydrogen-bond donors (Lipinski definition) is 0. The lowest BCUT2D eigenvalue weighted by molar-refractivity contribution is 0.622. The van der Waals surface area contributed by atoms with Gasteiger partial charge in [0.15, 0.2) is 0 Å². The van der Waals surface area contributed by atoms with Crippen molar-refractivity contribution in [3.05, 3.63) is 65.2 Å². The quantitative estimate of drug-likeness (QED) is 0.842. The molecule has 2 aromatic carbocycles. The number of hydrogen-bond acceptors (Lipinski definition) is 2. The van der Waals surface area contributed by atoms with E-state index in [1.807, 2.05) is 18.0 Å². The first kappa shape index (κ1) is 13.0. The Hall–Kier alpha value is -2.41. The van der Waals surface area contributed by atoms with Crippen LogP contribution >= 0.6 is 0 Å². The zero-order valence-electron chi connectivity index (χ0n) is 10.4. The lowest BCUT2D eigenvalue weighted by atomic mass is 10.1. The number of nitrogens with zero attached hydrogens (tertiary/aromatic N) is 2. The van der Waals surface area contributed by atoms with E-state index < -0.39 is 5.82 Å². The van der Waals surface area contributed by atoms with Crippen molar-refractivity contribution in [1.82, 2.24) is 0 Å². The van der Waals surface area contributed by atoms with Crippen LogP contribution in [-0.2, 0) is 6.54 Å². The predicted octanol–water partition coefficient (Wildman–Crippen LogP) is 3.47. The second kappa shape index (κ2) is 5.49. The standard InChI is InChI=1S/C15H12F2N2/c1-19(14-5-3-13(16)4-6-14)10-11-2-7-15(17)12(8-11)9-18/h2-8H,10H2,1H3. The number of rotatable bonds is 3. The first-order chi connectivity index (χ1) is 9.10. The van der Waals surface area contributed by atoms with Crippen molar-refractivity contribution in [1.29, 1.82) is 5.26 Å². The van der Waals surface area contributed by atoms with Crippen LogP contribution in [-0.4, -0.2) is 7.05 Å². The zero-order valence-corrected chi connectivity index (χ0v) is 10.4. The first-order valence-electron chi connectivity index (χ1n) is 5.75. The molecule has 0 bridgehead atoms. The lowest BCUT2D eigenvalue weighted by Crippen LogP contribution is -2.16. The van der Waals surface area contributed by atoms with E-state index in [-0.39, 0.29) is 11.4 Å². The third kappa shape index (κ3) is 3.08. The van der Waals surface area contributed by atoms with Crippen molar-refractivity contribution in [2.75, 3.05) is 11.9 Å². The molecule has 0 aliphatic heterocycles. The maximum Gasteiger partial charge on any atom is 0.140 e. The minimum absolute atomic E-state index is 0.0324. The Morgan fingerprint density at radius 1 is 1.11 bits per heavy atom.